The van der Waals surface area contributed by atoms with Crippen molar-refractivity contribution in [2.24, 2.45) is 52.9 Å². The molecule has 85 heavy (non-hydrogen) atoms. The lowest BCUT2D eigenvalue weighted by molar-refractivity contribution is 0.159. The van der Waals surface area contributed by atoms with Crippen LogP contribution < -0.4 is 0 Å². The van der Waals surface area contributed by atoms with Crippen LogP contribution in [0.3, 0.4) is 0 Å². The van der Waals surface area contributed by atoms with E-state index in [1.54, 1.807) is 43.4 Å². The van der Waals surface area contributed by atoms with Crippen molar-refractivity contribution in [2.75, 3.05) is 13.7 Å². The third kappa shape index (κ3) is 40.3. The average Bonchev–Trinajstić information content (AvgIpc) is 4.17. The van der Waals surface area contributed by atoms with E-state index >= 15 is 0 Å². The third-order valence-corrected chi connectivity index (χ3v) is 12.7. The van der Waals surface area contributed by atoms with Crippen molar-refractivity contribution < 1.29 is 9.68 Å². The van der Waals surface area contributed by atoms with Crippen molar-refractivity contribution in [1.82, 2.24) is 54.6 Å². The van der Waals surface area contributed by atoms with E-state index in [2.05, 4.69) is 206 Å². The van der Waals surface area contributed by atoms with E-state index in [4.69, 9.17) is 4.84 Å². The molecule has 1 fully saturated rings. The molecular formula is C69H111N13O2S. The smallest absolute Gasteiger partial charge is 0.130 e. The van der Waals surface area contributed by atoms with Crippen molar-refractivity contribution in [3.63, 3.8) is 0 Å². The summed E-state index contributed by atoms with van der Waals surface area (Å²) < 4.78 is 1.93. The Hall–Kier alpha value is -6.68. The van der Waals surface area contributed by atoms with Crippen LogP contribution in [-0.2, 0) is 41.4 Å². The lowest BCUT2D eigenvalue weighted by Gasteiger charge is -2.18. The molecule has 0 spiro atoms. The van der Waals surface area contributed by atoms with Gasteiger partial charge in [0.2, 0.25) is 0 Å². The van der Waals surface area contributed by atoms with Crippen LogP contribution in [0, 0.1) is 49.4 Å². The number of hydrogen-bond acceptors (Lipinski definition) is 15. The Morgan fingerprint density at radius 2 is 1.16 bits per heavy atom. The molecule has 1 aliphatic carbocycles. The molecule has 0 aromatic carbocycles. The number of aryl methyl sites for hydroxylation is 3. The SMILES string of the molecule is CC(C)C1(c2ccccn2)CC1.CC(C)Cc1ccccn1.CC(C)Cc1ccnn1C.CC(C)Cc1cscn1.CC(C)c1cncnc1.CCON=CC(C)C.CON=CC(C)C.Cc1cnc(C(C)C)cn1.Cc1cnc(C(C)C)nc1. The van der Waals surface area contributed by atoms with Crippen molar-refractivity contribution in [1.29, 1.82) is 0 Å². The highest BCUT2D eigenvalue weighted by Gasteiger charge is 2.47. The molecule has 0 radical (unpaired) electrons. The Kier molecular flexibility index (Phi) is 42.9. The summed E-state index contributed by atoms with van der Waals surface area (Å²) in [6.07, 6.45) is 27.7. The maximum Gasteiger partial charge on any atom is 0.130 e. The predicted octanol–water partition coefficient (Wildman–Crippen LogP) is 17.4. The van der Waals surface area contributed by atoms with E-state index in [0.29, 0.717) is 47.5 Å². The fraction of sp³-hybridized carbons (Fsp3) is 0.565. The van der Waals surface area contributed by atoms with Gasteiger partial charge in [-0.3, -0.25) is 24.6 Å². The van der Waals surface area contributed by atoms with Crippen LogP contribution in [0.25, 0.3) is 0 Å². The number of rotatable bonds is 16. The van der Waals surface area contributed by atoms with Crippen LogP contribution in [-0.4, -0.2) is 80.8 Å². The van der Waals surface area contributed by atoms with Crippen LogP contribution in [0.5, 0.6) is 0 Å². The monoisotopic (exact) mass is 1190 g/mol. The highest BCUT2D eigenvalue weighted by Crippen LogP contribution is 2.52. The normalized spacial score (nSPS) is 11.8. The van der Waals surface area contributed by atoms with Crippen LogP contribution in [0.15, 0.2) is 126 Å². The van der Waals surface area contributed by atoms with Gasteiger partial charge in [-0.2, -0.15) is 5.10 Å². The van der Waals surface area contributed by atoms with E-state index in [9.17, 15) is 0 Å². The van der Waals surface area contributed by atoms with Crippen molar-refractivity contribution >= 4 is 23.8 Å². The second kappa shape index (κ2) is 46.6. The highest BCUT2D eigenvalue weighted by molar-refractivity contribution is 7.07. The standard InChI is InChI=1S/C11H15N.C9H13N.2C8H12N2.C8H14N2.C7H10N2.C7H11NS.C6H13NO.C5H11NO/c1-9(2)11(6-7-11)10-5-3-4-8-12-10;1-8(2)7-9-5-3-4-6-10-9;1-6(2)8-5-9-7(3)4-10-8;1-6(2)8-9-4-7(3)5-10-8;1-7(2)6-8-4-5-9-10(8)3;1-6(2)7-3-8-5-9-4-7;1-6(2)3-7-4-9-5-8-7;1-4-8-7-5-6(2)3;1-5(2)4-6-7-3/h3-5,8-9H,6-7H2,1-2H3;3-6,8H,7H2,1-2H3;2*4-6H,1-3H3;4-5,7H,6H2,1-3H3;3-6H,1-2H3;4-6H,3H2,1-2H3;5-6H,4H2,1-3H3;4-5H,1-3H3. The minimum atomic E-state index is 0.431. The zero-order chi connectivity index (χ0) is 64.2. The molecule has 0 aliphatic heterocycles. The van der Waals surface area contributed by atoms with Gasteiger partial charge in [-0.05, 0) is 142 Å². The van der Waals surface area contributed by atoms with E-state index in [0.717, 1.165) is 59.8 Å². The lowest BCUT2D eigenvalue weighted by atomic mass is 9.89. The van der Waals surface area contributed by atoms with Gasteiger partial charge in [0.15, 0.2) is 0 Å². The maximum absolute atomic E-state index is 4.71. The molecule has 7 heterocycles. The van der Waals surface area contributed by atoms with Crippen molar-refractivity contribution in [3.8, 4) is 0 Å². The van der Waals surface area contributed by atoms with Gasteiger partial charge in [-0.25, -0.2) is 24.9 Å². The maximum atomic E-state index is 4.71. The molecule has 0 atom stereocenters. The van der Waals surface area contributed by atoms with Gasteiger partial charge in [0.05, 0.1) is 22.6 Å². The van der Waals surface area contributed by atoms with E-state index in [1.807, 2.05) is 120 Å². The van der Waals surface area contributed by atoms with Gasteiger partial charge in [-0.1, -0.05) is 147 Å². The Labute approximate surface area is 519 Å². The molecule has 1 aliphatic rings. The number of nitrogens with zero attached hydrogens (tertiary/aromatic N) is 13. The molecule has 1 saturated carbocycles. The topological polar surface area (TPSA) is 177 Å². The van der Waals surface area contributed by atoms with E-state index in [1.165, 1.54) is 41.2 Å². The first-order valence-corrected chi connectivity index (χ1v) is 31.4. The first-order valence-electron chi connectivity index (χ1n) is 30.5. The van der Waals surface area contributed by atoms with Crippen LogP contribution in [0.1, 0.15) is 213 Å². The summed E-state index contributed by atoms with van der Waals surface area (Å²) in [5, 5.41) is 13.4. The van der Waals surface area contributed by atoms with Crippen LogP contribution in [0.2, 0.25) is 0 Å². The molecule has 7 aromatic heterocycles. The molecule has 15 nitrogen and oxygen atoms in total. The zero-order valence-corrected chi connectivity index (χ0v) is 57.4. The number of oxime groups is 2. The molecule has 0 amide bonds. The quantitative estimate of drug-likeness (QED) is 0.0662. The summed E-state index contributed by atoms with van der Waals surface area (Å²) in [5.41, 5.74) is 11.7. The third-order valence-electron chi connectivity index (χ3n) is 12.0. The second-order valence-electron chi connectivity index (χ2n) is 24.0. The zero-order valence-electron chi connectivity index (χ0n) is 56.6. The first kappa shape index (κ1) is 78.3. The molecule has 8 rings (SSSR count). The van der Waals surface area contributed by atoms with Gasteiger partial charge in [0.25, 0.3) is 0 Å². The van der Waals surface area contributed by atoms with Crippen LogP contribution in [0.4, 0.5) is 0 Å². The fourth-order valence-corrected chi connectivity index (χ4v) is 7.64. The van der Waals surface area contributed by atoms with Gasteiger partial charge in [0.1, 0.15) is 25.9 Å². The van der Waals surface area contributed by atoms with Gasteiger partial charge < -0.3 is 9.68 Å². The second-order valence-corrected chi connectivity index (χ2v) is 24.7. The molecule has 0 unspecified atom stereocenters. The molecule has 16 heteroatoms. The Morgan fingerprint density at radius 3 is 1.54 bits per heavy atom. The molecule has 7 aromatic rings. The minimum Gasteiger partial charge on any atom is -0.399 e. The Balaban J connectivity index is 0.000000938. The summed E-state index contributed by atoms with van der Waals surface area (Å²) >= 11 is 1.67. The molecule has 470 valence electrons. The van der Waals surface area contributed by atoms with Crippen molar-refractivity contribution in [2.45, 2.75) is 201 Å². The summed E-state index contributed by atoms with van der Waals surface area (Å²) in [7, 11) is 3.52. The van der Waals surface area contributed by atoms with E-state index in [-0.39, 0.29) is 0 Å². The highest BCUT2D eigenvalue weighted by atomic mass is 32.1. The van der Waals surface area contributed by atoms with Gasteiger partial charge in [-0.15, -0.1) is 11.3 Å². The first-order chi connectivity index (χ1) is 40.3. The average molecular weight is 1190 g/mol. The molecule has 0 bridgehead atoms. The number of thiazole rings is 1. The van der Waals surface area contributed by atoms with Crippen molar-refractivity contribution in [3.05, 3.63) is 167 Å². The van der Waals surface area contributed by atoms with E-state index < -0.39 is 0 Å². The summed E-state index contributed by atoms with van der Waals surface area (Å²) in [6, 6.07) is 14.4. The minimum absolute atomic E-state index is 0.431. The summed E-state index contributed by atoms with van der Waals surface area (Å²) in [5.74, 6) is 6.22. The van der Waals surface area contributed by atoms with Crippen LogP contribution >= 0.6 is 11.3 Å². The largest absolute Gasteiger partial charge is 0.399 e. The lowest BCUT2D eigenvalue weighted by Crippen LogP contribution is -2.15. The number of pyridine rings is 2. The Bertz CT molecular complexity index is 2600. The summed E-state index contributed by atoms with van der Waals surface area (Å²) in [4.78, 5) is 46.4. The number of hydrogen-bond donors (Lipinski definition) is 0. The molecule has 0 saturated heterocycles. The predicted molar refractivity (Wildman–Crippen MR) is 358 cm³/mol. The molecular weight excluding hydrogens is 1070 g/mol. The molecule has 0 N–H and O–H groups in total. The fourth-order valence-electron chi connectivity index (χ4n) is 7.07. The van der Waals surface area contributed by atoms with Gasteiger partial charge in [0, 0.05) is 109 Å². The Morgan fingerprint density at radius 1 is 0.588 bits per heavy atom. The van der Waals surface area contributed by atoms with Gasteiger partial charge >= 0.3 is 0 Å². The number of aromatic nitrogens is 11. The summed E-state index contributed by atoms with van der Waals surface area (Å²) in [6.45, 7) is 45.2.